The summed E-state index contributed by atoms with van der Waals surface area (Å²) in [5.41, 5.74) is 1.19. The van der Waals surface area contributed by atoms with E-state index in [1.54, 1.807) is 93.6 Å². The molecule has 1 amide bonds. The van der Waals surface area contributed by atoms with Crippen molar-refractivity contribution < 1.29 is 27.7 Å². The van der Waals surface area contributed by atoms with Gasteiger partial charge in [-0.3, -0.25) is 0 Å². The van der Waals surface area contributed by atoms with Crippen LogP contribution < -0.4 is 13.9 Å². The summed E-state index contributed by atoms with van der Waals surface area (Å²) in [6, 6.07) is 33.8. The average molecular weight is 570 g/mol. The Morgan fingerprint density at radius 3 is 1.76 bits per heavy atom. The van der Waals surface area contributed by atoms with Crippen LogP contribution in [0.4, 0.5) is 10.5 Å². The van der Waals surface area contributed by atoms with Gasteiger partial charge in [0.15, 0.2) is 0 Å². The van der Waals surface area contributed by atoms with Gasteiger partial charge in [-0.05, 0) is 68.8 Å². The second kappa shape index (κ2) is 13.1. The van der Waals surface area contributed by atoms with Crippen LogP contribution >= 0.6 is 7.82 Å². The lowest BCUT2D eigenvalue weighted by Crippen LogP contribution is -2.37. The summed E-state index contributed by atoms with van der Waals surface area (Å²) in [6.45, 7) is 9.19. The molecule has 0 aliphatic carbocycles. The van der Waals surface area contributed by atoms with Gasteiger partial charge < -0.3 is 18.3 Å². The van der Waals surface area contributed by atoms with Gasteiger partial charge >= 0.3 is 13.9 Å². The number of rotatable bonds is 10. The number of carbonyl (C=O) groups is 1. The molecule has 4 rings (SSSR count). The second-order valence-corrected chi connectivity index (χ2v) is 11.3. The van der Waals surface area contributed by atoms with Crippen molar-refractivity contribution in [3.8, 4) is 11.5 Å². The summed E-state index contributed by atoms with van der Waals surface area (Å²) in [6.07, 6.45) is 2.99. The topological polar surface area (TPSA) is 74.3 Å². The van der Waals surface area contributed by atoms with Crippen molar-refractivity contribution in [2.45, 2.75) is 26.4 Å². The van der Waals surface area contributed by atoms with Crippen molar-refractivity contribution in [2.75, 3.05) is 4.90 Å². The Morgan fingerprint density at radius 1 is 0.732 bits per heavy atom. The second-order valence-electron chi connectivity index (χ2n) is 9.86. The number of benzene rings is 4. The monoisotopic (exact) mass is 569 g/mol. The molecular formula is C33H32NO6P. The van der Waals surface area contributed by atoms with E-state index in [-0.39, 0.29) is 17.4 Å². The van der Waals surface area contributed by atoms with Gasteiger partial charge in [0.05, 0.1) is 5.69 Å². The van der Waals surface area contributed by atoms with E-state index in [1.807, 2.05) is 54.6 Å². The fourth-order valence-electron chi connectivity index (χ4n) is 3.67. The molecule has 0 bridgehead atoms. The predicted octanol–water partition coefficient (Wildman–Crippen LogP) is 9.35. The molecule has 4 aromatic rings. The minimum Gasteiger partial charge on any atom is -0.443 e. The largest absolute Gasteiger partial charge is 0.648 e. The molecule has 0 atom stereocenters. The number of phosphoric acid groups is 1. The minimum absolute atomic E-state index is 0.245. The maximum Gasteiger partial charge on any atom is 0.648 e. The smallest absolute Gasteiger partial charge is 0.443 e. The van der Waals surface area contributed by atoms with Gasteiger partial charge in [-0.15, -0.1) is 0 Å². The molecule has 0 saturated carbocycles. The van der Waals surface area contributed by atoms with Crippen molar-refractivity contribution in [2.24, 2.45) is 0 Å². The third kappa shape index (κ3) is 8.62. The first kappa shape index (κ1) is 29.2. The Hall–Kier alpha value is -4.74. The van der Waals surface area contributed by atoms with E-state index < -0.39 is 19.5 Å². The summed E-state index contributed by atoms with van der Waals surface area (Å²) >= 11 is 0. The van der Waals surface area contributed by atoms with Gasteiger partial charge in [-0.1, -0.05) is 97.1 Å². The molecule has 0 aliphatic rings. The highest BCUT2D eigenvalue weighted by molar-refractivity contribution is 7.49. The number of anilines is 1. The Morgan fingerprint density at radius 2 is 1.22 bits per heavy atom. The number of amides is 1. The molecule has 4 aromatic carbocycles. The number of ether oxygens (including phenoxy) is 1. The van der Waals surface area contributed by atoms with Crippen molar-refractivity contribution in [1.29, 1.82) is 0 Å². The number of para-hydroxylation sites is 3. The lowest BCUT2D eigenvalue weighted by Gasteiger charge is -2.30. The summed E-state index contributed by atoms with van der Waals surface area (Å²) in [4.78, 5) is 14.7. The number of phosphoric ester groups is 1. The van der Waals surface area contributed by atoms with Gasteiger partial charge in [-0.25, -0.2) is 9.69 Å². The molecule has 0 aliphatic heterocycles. The van der Waals surface area contributed by atoms with E-state index in [4.69, 9.17) is 18.3 Å². The molecule has 0 heterocycles. The first-order chi connectivity index (χ1) is 19.6. The molecule has 210 valence electrons. The zero-order valence-corrected chi connectivity index (χ0v) is 24.1. The van der Waals surface area contributed by atoms with Gasteiger partial charge in [0, 0.05) is 0 Å². The maximum absolute atomic E-state index is 14.1. The van der Waals surface area contributed by atoms with E-state index >= 15 is 0 Å². The van der Waals surface area contributed by atoms with E-state index in [0.29, 0.717) is 11.3 Å². The molecule has 7 nitrogen and oxygen atoms in total. The zero-order valence-electron chi connectivity index (χ0n) is 23.2. The standard InChI is InChI=1S/C33H32NO6P/c1-26(38-41(36,39-29-19-10-6-11-20-29)40-30-21-12-7-13-22-30)34(32(35)37-33(2,3)4)31-23-15-14-18-28(31)25-24-27-16-8-5-9-17-27/h5-25H,1H2,2-4H3/b25-24+. The minimum atomic E-state index is -4.43. The molecule has 0 aromatic heterocycles. The molecule has 41 heavy (non-hydrogen) atoms. The van der Waals surface area contributed by atoms with E-state index in [9.17, 15) is 9.36 Å². The van der Waals surface area contributed by atoms with Crippen LogP contribution in [0, 0.1) is 0 Å². The van der Waals surface area contributed by atoms with Gasteiger partial charge in [0.25, 0.3) is 0 Å². The van der Waals surface area contributed by atoms with E-state index in [0.717, 1.165) is 10.5 Å². The van der Waals surface area contributed by atoms with Crippen molar-refractivity contribution in [3.63, 3.8) is 0 Å². The molecule has 0 unspecified atom stereocenters. The van der Waals surface area contributed by atoms with E-state index in [1.165, 1.54) is 0 Å². The highest BCUT2D eigenvalue weighted by Gasteiger charge is 2.38. The van der Waals surface area contributed by atoms with Crippen molar-refractivity contribution in [3.05, 3.63) is 139 Å². The SMILES string of the molecule is C=C(OP(=O)(Oc1ccccc1)Oc1ccccc1)N(C(=O)OC(C)(C)C)c1ccccc1/C=C/c1ccccc1. The van der Waals surface area contributed by atoms with Crippen molar-refractivity contribution >= 4 is 31.8 Å². The number of hydrogen-bond donors (Lipinski definition) is 0. The van der Waals surface area contributed by atoms with E-state index in [2.05, 4.69) is 6.58 Å². The lowest BCUT2D eigenvalue weighted by atomic mass is 10.1. The highest BCUT2D eigenvalue weighted by atomic mass is 31.2. The van der Waals surface area contributed by atoms with Gasteiger partial charge in [0.1, 0.15) is 17.1 Å². The Bertz CT molecular complexity index is 1490. The molecule has 0 N–H and O–H groups in total. The summed E-state index contributed by atoms with van der Waals surface area (Å²) in [5, 5.41) is 0. The molecule has 0 spiro atoms. The maximum atomic E-state index is 14.1. The highest BCUT2D eigenvalue weighted by Crippen LogP contribution is 2.52. The Labute approximate surface area is 240 Å². The van der Waals surface area contributed by atoms with Gasteiger partial charge in [-0.2, -0.15) is 4.57 Å². The van der Waals surface area contributed by atoms with Crippen LogP contribution in [0.2, 0.25) is 0 Å². The van der Waals surface area contributed by atoms with Crippen LogP contribution in [0.5, 0.6) is 11.5 Å². The van der Waals surface area contributed by atoms with Crippen LogP contribution in [0.1, 0.15) is 31.9 Å². The van der Waals surface area contributed by atoms with Crippen molar-refractivity contribution in [1.82, 2.24) is 0 Å². The average Bonchev–Trinajstić information content (AvgIpc) is 2.93. The molecule has 0 radical (unpaired) electrons. The molecule has 8 heteroatoms. The summed E-state index contributed by atoms with van der Waals surface area (Å²) in [5.74, 6) is 0.180. The zero-order chi connectivity index (χ0) is 29.3. The molecule has 0 fully saturated rings. The fraction of sp³-hybridized carbons (Fsp3) is 0.121. The Kier molecular flexibility index (Phi) is 9.33. The summed E-state index contributed by atoms with van der Waals surface area (Å²) < 4.78 is 37.1. The quantitative estimate of drug-likeness (QED) is 0.108. The predicted molar refractivity (Wildman–Crippen MR) is 162 cm³/mol. The number of hydrogen-bond acceptors (Lipinski definition) is 6. The first-order valence-corrected chi connectivity index (χ1v) is 14.4. The van der Waals surface area contributed by atoms with Crippen LogP contribution in [0.3, 0.4) is 0 Å². The fourth-order valence-corrected chi connectivity index (χ4v) is 4.88. The number of carbonyl (C=O) groups excluding carboxylic acids is 1. The molecular weight excluding hydrogens is 537 g/mol. The third-order valence-electron chi connectivity index (χ3n) is 5.40. The van der Waals surface area contributed by atoms with Crippen LogP contribution in [-0.4, -0.2) is 11.7 Å². The van der Waals surface area contributed by atoms with Crippen LogP contribution in [0.15, 0.2) is 128 Å². The van der Waals surface area contributed by atoms with Gasteiger partial charge in [0.2, 0.25) is 5.88 Å². The van der Waals surface area contributed by atoms with Crippen LogP contribution in [-0.2, 0) is 13.8 Å². The Balaban J connectivity index is 1.72. The first-order valence-electron chi connectivity index (χ1n) is 12.9. The lowest BCUT2D eigenvalue weighted by molar-refractivity contribution is 0.0576. The number of nitrogens with zero attached hydrogens (tertiary/aromatic N) is 1. The summed E-state index contributed by atoms with van der Waals surface area (Å²) in [7, 11) is -4.43. The van der Waals surface area contributed by atoms with Crippen LogP contribution in [0.25, 0.3) is 12.2 Å². The molecule has 0 saturated heterocycles. The normalized spacial score (nSPS) is 11.5. The third-order valence-corrected chi connectivity index (χ3v) is 6.70.